The monoisotopic (exact) mass is 304 g/mol. The number of rotatable bonds is 7. The van der Waals surface area contributed by atoms with Gasteiger partial charge in [0.15, 0.2) is 5.78 Å². The molecule has 1 fully saturated rings. The highest BCUT2D eigenvalue weighted by Gasteiger charge is 2.41. The van der Waals surface area contributed by atoms with E-state index in [4.69, 9.17) is 0 Å². The normalized spacial score (nSPS) is 16.0. The lowest BCUT2D eigenvalue weighted by Crippen LogP contribution is -2.33. The minimum Gasteiger partial charge on any atom is -0.367 e. The number of carbonyl (C=O) groups excluding carboxylic acids is 1. The number of halogens is 4. The molecule has 0 spiro atoms. The van der Waals surface area contributed by atoms with E-state index in [0.29, 0.717) is 11.5 Å². The molecule has 1 saturated carbocycles. The van der Waals surface area contributed by atoms with Crippen LogP contribution in [-0.4, -0.2) is 31.3 Å². The summed E-state index contributed by atoms with van der Waals surface area (Å²) >= 11 is 0. The van der Waals surface area contributed by atoms with E-state index in [9.17, 15) is 22.4 Å². The predicted octanol–water partition coefficient (Wildman–Crippen LogP) is 4.05. The molecule has 0 heterocycles. The van der Waals surface area contributed by atoms with E-state index in [1.165, 1.54) is 0 Å². The Morgan fingerprint density at radius 1 is 1.33 bits per heavy atom. The van der Waals surface area contributed by atoms with Crippen LogP contribution in [-0.2, 0) is 4.74 Å². The van der Waals surface area contributed by atoms with Gasteiger partial charge in [0.05, 0.1) is 0 Å². The minimum atomic E-state index is -4.23. The molecule has 116 valence electrons. The predicted molar refractivity (Wildman–Crippen MR) is 69.1 cm³/mol. The Bertz CT molecular complexity index is 498. The lowest BCUT2D eigenvalue weighted by Gasteiger charge is -2.26. The van der Waals surface area contributed by atoms with Crippen LogP contribution in [0.2, 0.25) is 0 Å². The van der Waals surface area contributed by atoms with Gasteiger partial charge in [-0.15, -0.1) is 0 Å². The van der Waals surface area contributed by atoms with Crippen LogP contribution in [0.1, 0.15) is 41.1 Å². The lowest BCUT2D eigenvalue weighted by atomic mass is 9.79. The summed E-state index contributed by atoms with van der Waals surface area (Å²) in [6.45, 7) is -2.09. The van der Waals surface area contributed by atoms with E-state index in [0.717, 1.165) is 24.8 Å². The molecule has 0 saturated heterocycles. The second-order valence-corrected chi connectivity index (χ2v) is 5.23. The van der Waals surface area contributed by atoms with E-state index in [2.05, 4.69) is 4.74 Å². The van der Waals surface area contributed by atoms with E-state index < -0.39 is 31.3 Å². The molecule has 0 N–H and O–H groups in total. The molecular formula is C15H16F4O2. The molecule has 1 aliphatic rings. The van der Waals surface area contributed by atoms with Crippen molar-refractivity contribution in [1.29, 1.82) is 0 Å². The number of benzene rings is 1. The van der Waals surface area contributed by atoms with Crippen LogP contribution < -0.4 is 0 Å². The molecule has 0 unspecified atom stereocenters. The minimum absolute atomic E-state index is 0.361. The number of carbonyl (C=O) groups is 1. The molecule has 0 bridgehead atoms. The maximum Gasteiger partial charge on any atom is 0.330 e. The van der Waals surface area contributed by atoms with Crippen LogP contribution >= 0.6 is 0 Å². The zero-order valence-electron chi connectivity index (χ0n) is 11.3. The standard InChI is InChI=1S/C15H16F4O2/c16-14(17)15(18,19)9-21-8-13(20)12-6-2-5-11(7-12)10-3-1-4-10/h2,5-7,10,14H,1,3-4,8-9H2. The maximum atomic E-state index is 12.6. The van der Waals surface area contributed by atoms with E-state index in [1.54, 1.807) is 18.2 Å². The summed E-state index contributed by atoms with van der Waals surface area (Å²) in [5, 5.41) is 0. The highest BCUT2D eigenvalue weighted by molar-refractivity contribution is 5.97. The van der Waals surface area contributed by atoms with Crippen molar-refractivity contribution in [1.82, 2.24) is 0 Å². The van der Waals surface area contributed by atoms with Gasteiger partial charge in [0.1, 0.15) is 13.2 Å². The molecule has 2 nitrogen and oxygen atoms in total. The molecular weight excluding hydrogens is 288 g/mol. The van der Waals surface area contributed by atoms with E-state index in [1.807, 2.05) is 6.07 Å². The number of Topliss-reactive ketones (excluding diaryl/α,β-unsaturated/α-hetero) is 1. The van der Waals surface area contributed by atoms with Crippen molar-refractivity contribution >= 4 is 5.78 Å². The summed E-state index contributed by atoms with van der Waals surface area (Å²) in [4.78, 5) is 11.8. The molecule has 1 aliphatic carbocycles. The summed E-state index contributed by atoms with van der Waals surface area (Å²) in [5.41, 5.74) is 1.41. The largest absolute Gasteiger partial charge is 0.367 e. The Morgan fingerprint density at radius 2 is 2.05 bits per heavy atom. The summed E-state index contributed by atoms with van der Waals surface area (Å²) in [6, 6.07) is 6.95. The van der Waals surface area contributed by atoms with Crippen LogP contribution in [0, 0.1) is 0 Å². The van der Waals surface area contributed by atoms with Crippen molar-refractivity contribution in [2.45, 2.75) is 37.5 Å². The molecule has 1 aromatic carbocycles. The molecule has 0 amide bonds. The van der Waals surface area contributed by atoms with Gasteiger partial charge >= 0.3 is 12.3 Å². The average Bonchev–Trinajstić information content (AvgIpc) is 2.36. The van der Waals surface area contributed by atoms with E-state index >= 15 is 0 Å². The van der Waals surface area contributed by atoms with Crippen molar-refractivity contribution in [2.24, 2.45) is 0 Å². The highest BCUT2D eigenvalue weighted by Crippen LogP contribution is 2.36. The van der Waals surface area contributed by atoms with Crippen molar-refractivity contribution in [3.05, 3.63) is 35.4 Å². The third-order valence-electron chi connectivity index (χ3n) is 3.63. The number of alkyl halides is 4. The number of ether oxygens (including phenoxy) is 1. The van der Waals surface area contributed by atoms with Crippen molar-refractivity contribution in [2.75, 3.05) is 13.2 Å². The van der Waals surface area contributed by atoms with Crippen LogP contribution in [0.3, 0.4) is 0 Å². The van der Waals surface area contributed by atoms with Gasteiger partial charge in [-0.1, -0.05) is 24.6 Å². The summed E-state index contributed by atoms with van der Waals surface area (Å²) in [7, 11) is 0. The second-order valence-electron chi connectivity index (χ2n) is 5.23. The molecule has 1 aromatic rings. The zero-order valence-corrected chi connectivity index (χ0v) is 11.3. The first kappa shape index (κ1) is 15.9. The maximum absolute atomic E-state index is 12.6. The van der Waals surface area contributed by atoms with E-state index in [-0.39, 0.29) is 0 Å². The molecule has 0 aromatic heterocycles. The fraction of sp³-hybridized carbons (Fsp3) is 0.533. The zero-order chi connectivity index (χ0) is 15.5. The van der Waals surface area contributed by atoms with Crippen molar-refractivity contribution < 1.29 is 27.1 Å². The number of hydrogen-bond donors (Lipinski definition) is 0. The van der Waals surface area contributed by atoms with Crippen molar-refractivity contribution in [3.63, 3.8) is 0 Å². The van der Waals surface area contributed by atoms with Gasteiger partial charge in [0.2, 0.25) is 0 Å². The van der Waals surface area contributed by atoms with Gasteiger partial charge in [-0.2, -0.15) is 8.78 Å². The van der Waals surface area contributed by atoms with Crippen molar-refractivity contribution in [3.8, 4) is 0 Å². The molecule has 0 aliphatic heterocycles. The Morgan fingerprint density at radius 3 is 2.62 bits per heavy atom. The fourth-order valence-corrected chi connectivity index (χ4v) is 2.13. The Hall–Kier alpha value is -1.43. The lowest BCUT2D eigenvalue weighted by molar-refractivity contribution is -0.163. The first-order chi connectivity index (χ1) is 9.90. The third-order valence-corrected chi connectivity index (χ3v) is 3.63. The van der Waals surface area contributed by atoms with Gasteiger partial charge < -0.3 is 4.74 Å². The number of ketones is 1. The first-order valence-corrected chi connectivity index (χ1v) is 6.77. The molecule has 2 rings (SSSR count). The quantitative estimate of drug-likeness (QED) is 0.561. The van der Waals surface area contributed by atoms with Crippen LogP contribution in [0.5, 0.6) is 0 Å². The van der Waals surface area contributed by atoms with Gasteiger partial charge in [-0.3, -0.25) is 4.79 Å². The highest BCUT2D eigenvalue weighted by atomic mass is 19.3. The Balaban J connectivity index is 1.88. The smallest absolute Gasteiger partial charge is 0.330 e. The first-order valence-electron chi connectivity index (χ1n) is 6.77. The molecule has 6 heteroatoms. The van der Waals surface area contributed by atoms with Gasteiger partial charge in [-0.25, -0.2) is 8.78 Å². The van der Waals surface area contributed by atoms with Crippen LogP contribution in [0.15, 0.2) is 24.3 Å². The summed E-state index contributed by atoms with van der Waals surface area (Å²) < 4.78 is 53.6. The second kappa shape index (κ2) is 6.56. The Kier molecular flexibility index (Phi) is 4.98. The van der Waals surface area contributed by atoms with Gasteiger partial charge in [0.25, 0.3) is 0 Å². The van der Waals surface area contributed by atoms with Crippen LogP contribution in [0.25, 0.3) is 0 Å². The topological polar surface area (TPSA) is 26.3 Å². The Labute approximate surface area is 120 Å². The van der Waals surface area contributed by atoms with Gasteiger partial charge in [0, 0.05) is 5.56 Å². The average molecular weight is 304 g/mol. The van der Waals surface area contributed by atoms with Crippen LogP contribution in [0.4, 0.5) is 17.6 Å². The number of hydrogen-bond acceptors (Lipinski definition) is 2. The summed E-state index contributed by atoms with van der Waals surface area (Å²) in [6.07, 6.45) is -0.479. The molecule has 0 radical (unpaired) electrons. The molecule has 0 atom stereocenters. The van der Waals surface area contributed by atoms with Gasteiger partial charge in [-0.05, 0) is 30.4 Å². The summed E-state index contributed by atoms with van der Waals surface area (Å²) in [5.74, 6) is -4.27. The third kappa shape index (κ3) is 4.03. The molecule has 21 heavy (non-hydrogen) atoms. The SMILES string of the molecule is O=C(COCC(F)(F)C(F)F)c1cccc(C2CCC2)c1. The fourth-order valence-electron chi connectivity index (χ4n) is 2.13.